The number of morpholine rings is 1. The summed E-state index contributed by atoms with van der Waals surface area (Å²) in [6.45, 7) is 3.69. The molecule has 1 aromatic carbocycles. The van der Waals surface area contributed by atoms with Gasteiger partial charge in [0.2, 0.25) is 6.79 Å². The van der Waals surface area contributed by atoms with Crippen molar-refractivity contribution in [3.63, 3.8) is 0 Å². The molecule has 1 unspecified atom stereocenters. The second kappa shape index (κ2) is 5.83. The van der Waals surface area contributed by atoms with E-state index in [9.17, 15) is 4.79 Å². The molecule has 7 nitrogen and oxygen atoms in total. The zero-order chi connectivity index (χ0) is 16.7. The highest BCUT2D eigenvalue weighted by atomic mass is 16.7. The van der Waals surface area contributed by atoms with E-state index in [2.05, 4.69) is 4.98 Å². The van der Waals surface area contributed by atoms with E-state index in [1.54, 1.807) is 23.1 Å². The molecule has 2 aliphatic heterocycles. The molecule has 1 aromatic heterocycles. The van der Waals surface area contributed by atoms with E-state index in [1.165, 1.54) is 0 Å². The third-order valence-corrected chi connectivity index (χ3v) is 4.29. The summed E-state index contributed by atoms with van der Waals surface area (Å²) in [6.07, 6.45) is 1.74. The summed E-state index contributed by atoms with van der Waals surface area (Å²) < 4.78 is 18.4. The molecule has 1 amide bonds. The van der Waals surface area contributed by atoms with E-state index < -0.39 is 0 Å². The van der Waals surface area contributed by atoms with Crippen molar-refractivity contribution in [2.45, 2.75) is 13.0 Å². The molecule has 0 bridgehead atoms. The molecule has 2 aromatic rings. The Bertz CT molecular complexity index is 786. The first-order valence-electron chi connectivity index (χ1n) is 7.92. The molecule has 2 aliphatic rings. The van der Waals surface area contributed by atoms with E-state index in [0.717, 1.165) is 11.5 Å². The van der Waals surface area contributed by atoms with Crippen LogP contribution in [0.4, 0.5) is 0 Å². The van der Waals surface area contributed by atoms with Crippen molar-refractivity contribution in [1.82, 2.24) is 14.5 Å². The lowest BCUT2D eigenvalue weighted by atomic mass is 10.1. The van der Waals surface area contributed by atoms with Crippen LogP contribution in [0.5, 0.6) is 11.5 Å². The van der Waals surface area contributed by atoms with Gasteiger partial charge in [-0.2, -0.15) is 0 Å². The van der Waals surface area contributed by atoms with Gasteiger partial charge in [0, 0.05) is 25.4 Å². The Labute approximate surface area is 139 Å². The lowest BCUT2D eigenvalue weighted by molar-refractivity contribution is -0.0279. The average Bonchev–Trinajstić information content (AvgIpc) is 3.19. The minimum Gasteiger partial charge on any atom is -0.454 e. The number of aromatic nitrogens is 2. The van der Waals surface area contributed by atoms with Crippen LogP contribution in [0.1, 0.15) is 28.0 Å². The first-order chi connectivity index (χ1) is 11.6. The fraction of sp³-hybridized carbons (Fsp3) is 0.412. The van der Waals surface area contributed by atoms with Crippen LogP contribution in [-0.4, -0.2) is 46.8 Å². The van der Waals surface area contributed by atoms with Crippen LogP contribution in [0, 0.1) is 6.92 Å². The first kappa shape index (κ1) is 15.0. The lowest BCUT2D eigenvalue weighted by Crippen LogP contribution is -2.42. The maximum absolute atomic E-state index is 12.8. The normalized spacial score (nSPS) is 19.6. The van der Waals surface area contributed by atoms with Gasteiger partial charge in [0.25, 0.3) is 5.91 Å². The van der Waals surface area contributed by atoms with Crippen molar-refractivity contribution in [2.75, 3.05) is 26.5 Å². The van der Waals surface area contributed by atoms with Gasteiger partial charge in [0.15, 0.2) is 11.5 Å². The number of amides is 1. The molecular formula is C17H19N3O4. The van der Waals surface area contributed by atoms with Crippen molar-refractivity contribution in [3.8, 4) is 11.5 Å². The Morgan fingerprint density at radius 3 is 2.92 bits per heavy atom. The number of carbonyl (C=O) groups excluding carboxylic acids is 1. The highest BCUT2D eigenvalue weighted by molar-refractivity contribution is 5.95. The van der Waals surface area contributed by atoms with Gasteiger partial charge in [-0.25, -0.2) is 4.98 Å². The van der Waals surface area contributed by atoms with Gasteiger partial charge < -0.3 is 23.7 Å². The topological polar surface area (TPSA) is 65.8 Å². The number of ether oxygens (including phenoxy) is 3. The molecule has 1 saturated heterocycles. The molecular weight excluding hydrogens is 310 g/mol. The van der Waals surface area contributed by atoms with E-state index >= 15 is 0 Å². The number of nitrogens with zero attached hydrogens (tertiary/aromatic N) is 3. The van der Waals surface area contributed by atoms with Crippen LogP contribution in [-0.2, 0) is 11.8 Å². The Morgan fingerprint density at radius 2 is 2.12 bits per heavy atom. The molecule has 24 heavy (non-hydrogen) atoms. The van der Waals surface area contributed by atoms with Crippen molar-refractivity contribution in [2.24, 2.45) is 7.05 Å². The first-order valence-corrected chi connectivity index (χ1v) is 7.92. The number of carbonyl (C=O) groups is 1. The molecule has 3 heterocycles. The van der Waals surface area contributed by atoms with E-state index in [-0.39, 0.29) is 18.8 Å². The summed E-state index contributed by atoms with van der Waals surface area (Å²) in [7, 11) is 1.94. The van der Waals surface area contributed by atoms with Gasteiger partial charge in [-0.15, -0.1) is 0 Å². The molecule has 126 valence electrons. The summed E-state index contributed by atoms with van der Waals surface area (Å²) in [4.78, 5) is 19.1. The molecule has 7 heteroatoms. The molecule has 1 fully saturated rings. The van der Waals surface area contributed by atoms with Crippen LogP contribution in [0.15, 0.2) is 24.4 Å². The van der Waals surface area contributed by atoms with Gasteiger partial charge in [0.05, 0.1) is 18.8 Å². The fourth-order valence-electron chi connectivity index (χ4n) is 3.14. The van der Waals surface area contributed by atoms with Crippen molar-refractivity contribution in [1.29, 1.82) is 0 Å². The SMILES string of the molecule is Cc1cn(C)c(C2CN(C(=O)c3ccc4c(c3)OCO4)CCO2)n1. The van der Waals surface area contributed by atoms with Crippen LogP contribution >= 0.6 is 0 Å². The number of imidazole rings is 1. The Balaban J connectivity index is 1.53. The summed E-state index contributed by atoms with van der Waals surface area (Å²) >= 11 is 0. The molecule has 4 rings (SSSR count). The number of hydrogen-bond donors (Lipinski definition) is 0. The lowest BCUT2D eigenvalue weighted by Gasteiger charge is -2.32. The predicted octanol–water partition coefficient (Wildman–Crippen LogP) is 1.67. The number of aryl methyl sites for hydroxylation is 2. The minimum absolute atomic E-state index is 0.0347. The van der Waals surface area contributed by atoms with Crippen molar-refractivity contribution < 1.29 is 19.0 Å². The molecule has 0 aliphatic carbocycles. The third kappa shape index (κ3) is 2.60. The molecule has 0 saturated carbocycles. The number of benzene rings is 1. The van der Waals surface area contributed by atoms with Crippen molar-refractivity contribution in [3.05, 3.63) is 41.5 Å². The third-order valence-electron chi connectivity index (χ3n) is 4.29. The maximum Gasteiger partial charge on any atom is 0.254 e. The Morgan fingerprint density at radius 1 is 1.29 bits per heavy atom. The van der Waals surface area contributed by atoms with Gasteiger partial charge in [0.1, 0.15) is 11.9 Å². The molecule has 1 atom stereocenters. The minimum atomic E-state index is -0.213. The Hall–Kier alpha value is -2.54. The molecule has 0 spiro atoms. The van der Waals surface area contributed by atoms with Crippen LogP contribution in [0.3, 0.4) is 0 Å². The Kier molecular flexibility index (Phi) is 3.65. The van der Waals surface area contributed by atoms with E-state index in [4.69, 9.17) is 14.2 Å². The number of rotatable bonds is 2. The van der Waals surface area contributed by atoms with Crippen LogP contribution in [0.2, 0.25) is 0 Å². The van der Waals surface area contributed by atoms with Gasteiger partial charge >= 0.3 is 0 Å². The number of hydrogen-bond acceptors (Lipinski definition) is 5. The zero-order valence-corrected chi connectivity index (χ0v) is 13.7. The van der Waals surface area contributed by atoms with E-state index in [1.807, 2.05) is 24.7 Å². The standard InChI is InChI=1S/C17H19N3O4/c1-11-8-19(2)16(18-11)15-9-20(5-6-22-15)17(21)12-3-4-13-14(7-12)24-10-23-13/h3-4,7-8,15H,5-6,9-10H2,1-2H3. The largest absolute Gasteiger partial charge is 0.454 e. The number of fused-ring (bicyclic) bond motifs is 1. The highest BCUT2D eigenvalue weighted by Gasteiger charge is 2.29. The maximum atomic E-state index is 12.8. The highest BCUT2D eigenvalue weighted by Crippen LogP contribution is 2.33. The summed E-state index contributed by atoms with van der Waals surface area (Å²) in [6, 6.07) is 5.28. The van der Waals surface area contributed by atoms with Gasteiger partial charge in [-0.1, -0.05) is 0 Å². The summed E-state index contributed by atoms with van der Waals surface area (Å²) in [5.41, 5.74) is 1.53. The predicted molar refractivity (Wildman–Crippen MR) is 85.1 cm³/mol. The van der Waals surface area contributed by atoms with Gasteiger partial charge in [-0.3, -0.25) is 4.79 Å². The summed E-state index contributed by atoms with van der Waals surface area (Å²) in [5.74, 6) is 2.10. The van der Waals surface area contributed by atoms with Crippen LogP contribution in [0.25, 0.3) is 0 Å². The quantitative estimate of drug-likeness (QED) is 0.838. The summed E-state index contributed by atoms with van der Waals surface area (Å²) in [5, 5.41) is 0. The smallest absolute Gasteiger partial charge is 0.254 e. The zero-order valence-electron chi connectivity index (χ0n) is 13.7. The second-order valence-corrected chi connectivity index (χ2v) is 6.03. The van der Waals surface area contributed by atoms with Gasteiger partial charge in [-0.05, 0) is 25.1 Å². The van der Waals surface area contributed by atoms with Crippen molar-refractivity contribution >= 4 is 5.91 Å². The van der Waals surface area contributed by atoms with E-state index in [0.29, 0.717) is 36.8 Å². The molecule has 0 radical (unpaired) electrons. The van der Waals surface area contributed by atoms with Crippen LogP contribution < -0.4 is 9.47 Å². The fourth-order valence-corrected chi connectivity index (χ4v) is 3.14. The molecule has 0 N–H and O–H groups in total. The average molecular weight is 329 g/mol. The second-order valence-electron chi connectivity index (χ2n) is 6.03. The monoisotopic (exact) mass is 329 g/mol.